The van der Waals surface area contributed by atoms with E-state index in [1.165, 1.54) is 59.1 Å². The number of hydrogen-bond donors (Lipinski definition) is 6. The first-order valence-corrected chi connectivity index (χ1v) is 20.8. The average Bonchev–Trinajstić information content (AvgIpc) is 3.24. The molecule has 0 radical (unpaired) electrons. The summed E-state index contributed by atoms with van der Waals surface area (Å²) in [5.41, 5.74) is 7.17. The van der Waals surface area contributed by atoms with Crippen LogP contribution in [-0.2, 0) is 20.2 Å². The third kappa shape index (κ3) is 13.5. The summed E-state index contributed by atoms with van der Waals surface area (Å²) in [4.78, 5) is 24.1. The molecule has 0 amide bonds. The molecule has 0 saturated heterocycles. The second-order valence-corrected chi connectivity index (χ2v) is 15.7. The first kappa shape index (κ1) is 50.1. The monoisotopic (exact) mass is 900 g/mol. The first-order chi connectivity index (χ1) is 28.7. The van der Waals surface area contributed by atoms with Gasteiger partial charge in [-0.25, -0.2) is 47.7 Å². The van der Waals surface area contributed by atoms with Crippen LogP contribution in [0.15, 0.2) is 120 Å². The predicted octanol–water partition coefficient (Wildman–Crippen LogP) is -2.42. The molecule has 0 aliphatic rings. The molecule has 20 nitrogen and oxygen atoms in total. The van der Waals surface area contributed by atoms with Gasteiger partial charge in [0.15, 0.2) is 0 Å². The van der Waals surface area contributed by atoms with Crippen molar-refractivity contribution in [3.8, 4) is 0 Å². The number of benzene rings is 4. The molecule has 2 atom stereocenters. The molecule has 24 heteroatoms. The summed E-state index contributed by atoms with van der Waals surface area (Å²) in [5, 5.41) is 28.3. The Bertz CT molecular complexity index is 2490. The molecule has 0 saturated carbocycles. The Hall–Kier alpha value is -4.50. The van der Waals surface area contributed by atoms with Crippen molar-refractivity contribution >= 4 is 78.9 Å². The summed E-state index contributed by atoms with van der Waals surface area (Å²) in [7, 11) is -10.4. The maximum atomic E-state index is 12.7. The maximum Gasteiger partial charge on any atom is 1.00 e. The zero-order valence-electron chi connectivity index (χ0n) is 33.9. The molecule has 0 aliphatic carbocycles. The second kappa shape index (κ2) is 22.7. The number of hydrogen-bond acceptors (Lipinski definition) is 20. The van der Waals surface area contributed by atoms with Crippen molar-refractivity contribution in [3.63, 3.8) is 0 Å². The Kier molecular flexibility index (Phi) is 18.4. The molecular weight excluding hydrogens is 863 g/mol. The van der Waals surface area contributed by atoms with Crippen molar-refractivity contribution in [1.82, 2.24) is 40.8 Å². The van der Waals surface area contributed by atoms with Crippen LogP contribution < -0.4 is 90.6 Å². The number of aliphatic hydroxyl groups is 2. The number of aliphatic hydroxyl groups excluding tert-OH is 2. The van der Waals surface area contributed by atoms with Gasteiger partial charge in [0.25, 0.3) is 0 Å². The van der Waals surface area contributed by atoms with E-state index >= 15 is 0 Å². The van der Waals surface area contributed by atoms with Gasteiger partial charge in [0.05, 0.1) is 34.4 Å². The minimum Gasteiger partial charge on any atom is -0.744 e. The predicted molar refractivity (Wildman–Crippen MR) is 220 cm³/mol. The third-order valence-electron chi connectivity index (χ3n) is 8.32. The molecule has 2 heterocycles. The average molecular weight is 901 g/mol. The number of nitrogens with one attached hydrogen (secondary N) is 4. The van der Waals surface area contributed by atoms with Crippen LogP contribution in [0.2, 0.25) is 0 Å². The molecule has 0 spiro atoms. The van der Waals surface area contributed by atoms with Crippen molar-refractivity contribution in [3.05, 3.63) is 121 Å². The molecular formula is C38H38N12Na2O8S2. The summed E-state index contributed by atoms with van der Waals surface area (Å²) in [6, 6.07) is 24.4. The number of nitrogens with zero attached hydrogens (tertiary/aromatic N) is 8. The number of aromatic nitrogens is 6. The zero-order chi connectivity index (χ0) is 42.9. The van der Waals surface area contributed by atoms with Gasteiger partial charge in [0, 0.05) is 23.5 Å². The van der Waals surface area contributed by atoms with Crippen LogP contribution in [-0.4, -0.2) is 91.4 Å². The van der Waals surface area contributed by atoms with Crippen LogP contribution in [0.5, 0.6) is 0 Å². The number of para-hydroxylation sites is 2. The van der Waals surface area contributed by atoms with E-state index < -0.39 is 42.1 Å². The fourth-order valence-electron chi connectivity index (χ4n) is 5.44. The van der Waals surface area contributed by atoms with Crippen LogP contribution in [0.3, 0.4) is 0 Å². The molecule has 0 fully saturated rings. The number of hydrazine groups is 2. The molecule has 4 aromatic carbocycles. The number of rotatable bonds is 18. The molecule has 2 unspecified atom stereocenters. The van der Waals surface area contributed by atoms with E-state index in [1.54, 1.807) is 38.1 Å². The Morgan fingerprint density at radius 1 is 0.597 bits per heavy atom. The minimum absolute atomic E-state index is 0. The smallest absolute Gasteiger partial charge is 0.744 e. The molecule has 0 aliphatic heterocycles. The maximum absolute atomic E-state index is 12.7. The van der Waals surface area contributed by atoms with E-state index in [2.05, 4.69) is 51.4 Å². The summed E-state index contributed by atoms with van der Waals surface area (Å²) in [6.07, 6.45) is 4.78. The minimum atomic E-state index is -5.19. The second-order valence-electron chi connectivity index (χ2n) is 13.0. The van der Waals surface area contributed by atoms with Crippen molar-refractivity contribution in [2.24, 2.45) is 0 Å². The zero-order valence-corrected chi connectivity index (χ0v) is 39.5. The summed E-state index contributed by atoms with van der Waals surface area (Å²) in [6.45, 7) is 2.59. The Morgan fingerprint density at radius 2 is 0.968 bits per heavy atom. The Labute approximate surface area is 402 Å². The van der Waals surface area contributed by atoms with Gasteiger partial charge < -0.3 is 30.0 Å². The molecule has 6 aromatic rings. The standard InChI is InChI=1S/C38H40N12O8S2.2Na/c1-25(21-51)47-49(37-41-23-39-35(45-37)43-29-9-5-3-6-10-29)31-17-15-27(33(19-31)59(53,54)55)13-14-28-16-18-32(20-34(28)60(56,57)58)50(48-26(2)22-52)38-42-24-40-36(46-38)44-30-11-7-4-8-12-30;;/h3-20,23-26,47-48,51-52H,21-22H2,1-2H3,(H,53,54,55)(H,56,57,58)(H,39,41,43,45)(H,40,42,44,46);;/q;2*+1/p-2. The van der Waals surface area contributed by atoms with E-state index in [9.17, 15) is 36.2 Å². The van der Waals surface area contributed by atoms with Crippen molar-refractivity contribution in [2.75, 3.05) is 33.9 Å². The van der Waals surface area contributed by atoms with Gasteiger partial charge in [-0.2, -0.15) is 19.9 Å². The number of anilines is 8. The van der Waals surface area contributed by atoms with E-state index in [4.69, 9.17) is 0 Å². The van der Waals surface area contributed by atoms with Crippen molar-refractivity contribution in [2.45, 2.75) is 35.7 Å². The fraction of sp³-hybridized carbons (Fsp3) is 0.158. The Balaban J connectivity index is 0.00000422. The molecule has 6 rings (SSSR count). The summed E-state index contributed by atoms with van der Waals surface area (Å²) >= 11 is 0. The van der Waals surface area contributed by atoms with Gasteiger partial charge in [-0.15, -0.1) is 0 Å². The van der Waals surface area contributed by atoms with Gasteiger partial charge in [-0.05, 0) is 73.5 Å². The summed E-state index contributed by atoms with van der Waals surface area (Å²) < 4.78 is 76.3. The van der Waals surface area contributed by atoms with Gasteiger partial charge in [-0.1, -0.05) is 60.7 Å². The van der Waals surface area contributed by atoms with Crippen molar-refractivity contribution in [1.29, 1.82) is 0 Å². The van der Waals surface area contributed by atoms with Gasteiger partial charge in [0.1, 0.15) is 32.9 Å². The van der Waals surface area contributed by atoms with E-state index in [-0.39, 0.29) is 119 Å². The van der Waals surface area contributed by atoms with Crippen LogP contribution in [0.1, 0.15) is 25.0 Å². The van der Waals surface area contributed by atoms with E-state index in [1.807, 2.05) is 36.4 Å². The van der Waals surface area contributed by atoms with Crippen LogP contribution in [0.4, 0.5) is 46.5 Å². The van der Waals surface area contributed by atoms with Gasteiger partial charge in [-0.3, -0.25) is 0 Å². The van der Waals surface area contributed by atoms with E-state index in [0.717, 1.165) is 12.1 Å². The SMILES string of the molecule is CC(CO)NN(c1ccc(C=Cc2ccc(N(NC(C)CO)c3ncnc(Nc4ccccc4)n3)cc2S(=O)(=O)[O-])c(S(=O)(=O)[O-])c1)c1ncnc(Nc2ccccc2)n1.[Na+].[Na+]. The largest absolute Gasteiger partial charge is 1.00 e. The fourth-order valence-corrected chi connectivity index (χ4v) is 6.82. The third-order valence-corrected chi connectivity index (χ3v) is 10.1. The molecule has 312 valence electrons. The summed E-state index contributed by atoms with van der Waals surface area (Å²) in [5.74, 6) is 0.232. The van der Waals surface area contributed by atoms with Crippen LogP contribution >= 0.6 is 0 Å². The molecule has 62 heavy (non-hydrogen) atoms. The molecule has 2 aromatic heterocycles. The van der Waals surface area contributed by atoms with Crippen LogP contribution in [0.25, 0.3) is 12.2 Å². The Morgan fingerprint density at radius 3 is 1.31 bits per heavy atom. The van der Waals surface area contributed by atoms with Gasteiger partial charge >= 0.3 is 59.1 Å². The molecule has 0 bridgehead atoms. The first-order valence-electron chi connectivity index (χ1n) is 18.0. The topological polar surface area (TPSA) is 287 Å². The van der Waals surface area contributed by atoms with E-state index in [0.29, 0.717) is 11.4 Å². The van der Waals surface area contributed by atoms with Crippen molar-refractivity contribution < 1.29 is 95.3 Å². The quantitative estimate of drug-likeness (QED) is 0.0226. The molecule has 6 N–H and O–H groups in total. The normalized spacial score (nSPS) is 12.4. The van der Waals surface area contributed by atoms with Gasteiger partial charge in [0.2, 0.25) is 23.8 Å². The van der Waals surface area contributed by atoms with Crippen LogP contribution in [0, 0.1) is 0 Å².